The lowest BCUT2D eigenvalue weighted by Gasteiger charge is -2.14. The molecule has 0 saturated carbocycles. The Hall–Kier alpha value is -6.06. The lowest BCUT2D eigenvalue weighted by atomic mass is 10.0. The summed E-state index contributed by atoms with van der Waals surface area (Å²) in [5, 5.41) is 0. The van der Waals surface area contributed by atoms with Crippen molar-refractivity contribution < 1.29 is 40.3 Å². The molecule has 0 amide bonds. The third-order valence-corrected chi connectivity index (χ3v) is 10.6. The molecule has 256 valence electrons. The fourth-order valence-corrected chi connectivity index (χ4v) is 7.25. The molecule has 0 aliphatic rings. The first-order chi connectivity index (χ1) is 24.5. The average Bonchev–Trinajstić information content (AvgIpc) is 3.15. The van der Waals surface area contributed by atoms with E-state index in [1.54, 1.807) is 61.7 Å². The number of rotatable bonds is 11. The first kappa shape index (κ1) is 34.8. The second kappa shape index (κ2) is 14.4. The van der Waals surface area contributed by atoms with Crippen molar-refractivity contribution in [2.75, 3.05) is 14.2 Å². The Labute approximate surface area is 296 Å². The van der Waals surface area contributed by atoms with Crippen molar-refractivity contribution in [2.45, 2.75) is 14.7 Å². The van der Waals surface area contributed by atoms with Crippen molar-refractivity contribution in [3.63, 3.8) is 0 Å². The van der Waals surface area contributed by atoms with Gasteiger partial charge in [0.25, 0.3) is 10.1 Å². The maximum atomic E-state index is 13.6. The molecule has 0 heterocycles. The van der Waals surface area contributed by atoms with E-state index < -0.39 is 24.9 Å². The topological polar surface area (TPSA) is 125 Å². The van der Waals surface area contributed by atoms with Crippen LogP contribution in [0.4, 0.5) is 0 Å². The van der Waals surface area contributed by atoms with Gasteiger partial charge >= 0.3 is 0 Å². The fourth-order valence-electron chi connectivity index (χ4n) is 5.25. The van der Waals surface area contributed by atoms with Gasteiger partial charge in [0, 0.05) is 11.1 Å². The van der Waals surface area contributed by atoms with Gasteiger partial charge in [-0.3, -0.25) is 4.55 Å². The summed E-state index contributed by atoms with van der Waals surface area (Å²) in [6.07, 6.45) is 5.47. The first-order valence-electron chi connectivity index (χ1n) is 15.3. The SMILES string of the molecule is C#Cc1ccc(-c2cc(Oc3ccc(S(=O)(=O)c4ccc(Oc5ccc(-c6ccc(OC)cc6)cc5)cc4)cc3S(=O)(=O)O)ccc2OC)cc1. The molecule has 6 aromatic carbocycles. The van der Waals surface area contributed by atoms with Crippen molar-refractivity contribution in [1.82, 2.24) is 0 Å². The van der Waals surface area contributed by atoms with Gasteiger partial charge in [-0.2, -0.15) is 8.42 Å². The highest BCUT2D eigenvalue weighted by Crippen LogP contribution is 2.38. The molecule has 0 aromatic heterocycles. The largest absolute Gasteiger partial charge is 0.497 e. The molecule has 0 aliphatic carbocycles. The summed E-state index contributed by atoms with van der Waals surface area (Å²) in [5.74, 6) is 4.70. The van der Waals surface area contributed by atoms with E-state index >= 15 is 0 Å². The number of methoxy groups -OCH3 is 2. The van der Waals surface area contributed by atoms with E-state index in [4.69, 9.17) is 25.4 Å². The van der Waals surface area contributed by atoms with Crippen molar-refractivity contribution in [3.05, 3.63) is 139 Å². The van der Waals surface area contributed by atoms with Crippen molar-refractivity contribution in [1.29, 1.82) is 0 Å². The summed E-state index contributed by atoms with van der Waals surface area (Å²) >= 11 is 0. The van der Waals surface area contributed by atoms with Crippen molar-refractivity contribution >= 4 is 20.0 Å². The van der Waals surface area contributed by atoms with Crippen LogP contribution in [0.1, 0.15) is 5.56 Å². The van der Waals surface area contributed by atoms with Gasteiger partial charge in [0.05, 0.1) is 24.0 Å². The monoisotopic (exact) mass is 718 g/mol. The highest BCUT2D eigenvalue weighted by atomic mass is 32.2. The number of sulfone groups is 1. The molecule has 0 bridgehead atoms. The Morgan fingerprint density at radius 1 is 0.529 bits per heavy atom. The van der Waals surface area contributed by atoms with Gasteiger partial charge in [0.15, 0.2) is 0 Å². The number of ether oxygens (including phenoxy) is 4. The Balaban J connectivity index is 1.22. The van der Waals surface area contributed by atoms with Crippen LogP contribution in [-0.4, -0.2) is 35.6 Å². The maximum absolute atomic E-state index is 13.6. The average molecular weight is 719 g/mol. The zero-order valence-electron chi connectivity index (χ0n) is 27.3. The second-order valence-electron chi connectivity index (χ2n) is 11.1. The van der Waals surface area contributed by atoms with Crippen LogP contribution in [0, 0.1) is 12.3 Å². The summed E-state index contributed by atoms with van der Waals surface area (Å²) in [5.41, 5.74) is 4.06. The van der Waals surface area contributed by atoms with Gasteiger partial charge in [-0.05, 0) is 114 Å². The molecule has 0 atom stereocenters. The van der Waals surface area contributed by atoms with Crippen LogP contribution >= 0.6 is 0 Å². The minimum atomic E-state index is -4.93. The molecule has 0 spiro atoms. The van der Waals surface area contributed by atoms with Gasteiger partial charge in [-0.15, -0.1) is 6.42 Å². The number of hydrogen-bond acceptors (Lipinski definition) is 8. The van der Waals surface area contributed by atoms with E-state index in [2.05, 4.69) is 5.92 Å². The minimum absolute atomic E-state index is 0.115. The highest BCUT2D eigenvalue weighted by Gasteiger charge is 2.25. The van der Waals surface area contributed by atoms with Gasteiger partial charge in [-0.25, -0.2) is 8.42 Å². The van der Waals surface area contributed by atoms with Gasteiger partial charge in [-0.1, -0.05) is 42.3 Å². The number of benzene rings is 6. The number of hydrogen-bond donors (Lipinski definition) is 1. The third-order valence-electron chi connectivity index (χ3n) is 7.91. The normalized spacial score (nSPS) is 11.3. The molecule has 51 heavy (non-hydrogen) atoms. The predicted octanol–water partition coefficient (Wildman–Crippen LogP) is 8.68. The zero-order valence-corrected chi connectivity index (χ0v) is 28.9. The maximum Gasteiger partial charge on any atom is 0.298 e. The Bertz CT molecular complexity index is 2450. The second-order valence-corrected chi connectivity index (χ2v) is 14.4. The van der Waals surface area contributed by atoms with E-state index in [-0.39, 0.29) is 21.3 Å². The lowest BCUT2D eigenvalue weighted by Crippen LogP contribution is -2.06. The van der Waals surface area contributed by atoms with Crippen molar-refractivity contribution in [3.8, 4) is 69.1 Å². The molecule has 6 rings (SSSR count). The minimum Gasteiger partial charge on any atom is -0.497 e. The summed E-state index contributed by atoms with van der Waals surface area (Å²) in [6, 6.07) is 35.9. The quantitative estimate of drug-likeness (QED) is 0.103. The smallest absolute Gasteiger partial charge is 0.298 e. The molecule has 1 N–H and O–H groups in total. The predicted molar refractivity (Wildman–Crippen MR) is 193 cm³/mol. The molecule has 0 saturated heterocycles. The third kappa shape index (κ3) is 7.74. The van der Waals surface area contributed by atoms with Crippen LogP contribution in [0.15, 0.2) is 148 Å². The number of terminal acetylenes is 1. The van der Waals surface area contributed by atoms with Gasteiger partial charge in [0.2, 0.25) is 9.84 Å². The van der Waals surface area contributed by atoms with Gasteiger partial charge < -0.3 is 18.9 Å². The van der Waals surface area contributed by atoms with Crippen LogP contribution in [0.25, 0.3) is 22.3 Å². The van der Waals surface area contributed by atoms with Crippen LogP contribution in [0.3, 0.4) is 0 Å². The standard InChI is InChI=1S/C40H30O9S2/c1-4-27-5-7-30(8-6-27)37-25-34(19-23-38(37)47-3)49-39-24-22-36(26-40(39)51(43,44)45)50(41,42)35-20-17-33(18-21-35)48-32-15-11-29(12-16-32)28-9-13-31(46-2)14-10-28/h1,5-26H,2-3H3,(H,43,44,45). The highest BCUT2D eigenvalue weighted by molar-refractivity contribution is 7.91. The zero-order chi connectivity index (χ0) is 36.2. The van der Waals surface area contributed by atoms with E-state index in [0.717, 1.165) is 28.5 Å². The molecule has 11 heteroatoms. The Morgan fingerprint density at radius 3 is 1.59 bits per heavy atom. The van der Waals surface area contributed by atoms with Crippen LogP contribution in [-0.2, 0) is 20.0 Å². The van der Waals surface area contributed by atoms with Crippen LogP contribution in [0.5, 0.6) is 34.5 Å². The van der Waals surface area contributed by atoms with Crippen molar-refractivity contribution in [2.24, 2.45) is 0 Å². The van der Waals surface area contributed by atoms with E-state index in [9.17, 15) is 21.4 Å². The molecule has 0 aliphatic heterocycles. The van der Waals surface area contributed by atoms with E-state index in [0.29, 0.717) is 28.4 Å². The van der Waals surface area contributed by atoms with Gasteiger partial charge in [0.1, 0.15) is 39.4 Å². The lowest BCUT2D eigenvalue weighted by molar-refractivity contribution is 0.413. The van der Waals surface area contributed by atoms with Crippen LogP contribution in [0.2, 0.25) is 0 Å². The molecule has 9 nitrogen and oxygen atoms in total. The summed E-state index contributed by atoms with van der Waals surface area (Å²) in [6.45, 7) is 0. The summed E-state index contributed by atoms with van der Waals surface area (Å²) in [4.78, 5) is -1.21. The Kier molecular flexibility index (Phi) is 9.84. The molecule has 0 radical (unpaired) electrons. The van der Waals surface area contributed by atoms with E-state index in [1.165, 1.54) is 43.5 Å². The molecule has 6 aromatic rings. The van der Waals surface area contributed by atoms with Crippen LogP contribution < -0.4 is 18.9 Å². The molecular formula is C40H30O9S2. The molecule has 0 unspecified atom stereocenters. The molecular weight excluding hydrogens is 689 g/mol. The Morgan fingerprint density at radius 2 is 1.04 bits per heavy atom. The first-order valence-corrected chi connectivity index (χ1v) is 18.2. The summed E-state index contributed by atoms with van der Waals surface area (Å²) in [7, 11) is -6.03. The van der Waals surface area contributed by atoms with E-state index in [1.807, 2.05) is 36.4 Å². The molecule has 0 fully saturated rings. The summed E-state index contributed by atoms with van der Waals surface area (Å²) < 4.78 is 84.7. The fraction of sp³-hybridized carbons (Fsp3) is 0.0500.